The number of benzene rings is 2. The zero-order chi connectivity index (χ0) is 19.2. The molecule has 0 bridgehead atoms. The molecule has 3 rings (SSSR count). The van der Waals surface area contributed by atoms with Gasteiger partial charge in [-0.25, -0.2) is 5.06 Å². The zero-order valence-electron chi connectivity index (χ0n) is 14.5. The molecule has 7 nitrogen and oxygen atoms in total. The van der Waals surface area contributed by atoms with Crippen LogP contribution in [0.15, 0.2) is 48.5 Å². The highest BCUT2D eigenvalue weighted by Gasteiger charge is 2.32. The fourth-order valence-electron chi connectivity index (χ4n) is 2.57. The number of carbonyl (C=O) groups is 2. The number of hydrogen-bond donors (Lipinski definition) is 3. The quantitative estimate of drug-likeness (QED) is 0.432. The maximum absolute atomic E-state index is 12.2. The molecule has 1 aliphatic heterocycles. The van der Waals surface area contributed by atoms with Gasteiger partial charge in [-0.05, 0) is 55.0 Å². The van der Waals surface area contributed by atoms with E-state index in [1.54, 1.807) is 36.4 Å². The Morgan fingerprint density at radius 2 is 1.93 bits per heavy atom. The fraction of sp³-hybridized carbons (Fsp3) is 0.200. The van der Waals surface area contributed by atoms with E-state index in [1.807, 2.05) is 12.1 Å². The van der Waals surface area contributed by atoms with E-state index in [-0.39, 0.29) is 19.1 Å². The molecule has 7 heteroatoms. The predicted octanol–water partition coefficient (Wildman–Crippen LogP) is 1.42. The molecule has 1 fully saturated rings. The summed E-state index contributed by atoms with van der Waals surface area (Å²) in [7, 11) is 0. The van der Waals surface area contributed by atoms with Crippen LogP contribution in [0.4, 0.5) is 5.69 Å². The molecular formula is C20H19N3O4. The van der Waals surface area contributed by atoms with Gasteiger partial charge in [0.1, 0.15) is 18.4 Å². The molecule has 0 aromatic heterocycles. The zero-order valence-corrected chi connectivity index (χ0v) is 14.5. The van der Waals surface area contributed by atoms with Crippen LogP contribution in [0.2, 0.25) is 0 Å². The van der Waals surface area contributed by atoms with Crippen LogP contribution in [0.3, 0.4) is 0 Å². The van der Waals surface area contributed by atoms with Crippen molar-refractivity contribution < 1.29 is 19.5 Å². The van der Waals surface area contributed by atoms with Gasteiger partial charge in [0, 0.05) is 16.8 Å². The number of hydrogen-bond acceptors (Lipinski definition) is 5. The number of ether oxygens (including phenoxy) is 1. The third-order valence-electron chi connectivity index (χ3n) is 4.06. The predicted molar refractivity (Wildman–Crippen MR) is 99.0 cm³/mol. The molecule has 0 saturated carbocycles. The van der Waals surface area contributed by atoms with E-state index in [2.05, 4.69) is 17.2 Å². The van der Waals surface area contributed by atoms with Crippen molar-refractivity contribution in [3.63, 3.8) is 0 Å². The topological polar surface area (TPSA) is 105 Å². The highest BCUT2D eigenvalue weighted by molar-refractivity contribution is 5.97. The summed E-state index contributed by atoms with van der Waals surface area (Å²) in [5.74, 6) is 5.58. The van der Waals surface area contributed by atoms with Crippen LogP contribution >= 0.6 is 0 Å². The summed E-state index contributed by atoms with van der Waals surface area (Å²) in [5, 5.41) is 12.5. The molecule has 1 aliphatic rings. The maximum Gasteiger partial charge on any atom is 0.268 e. The van der Waals surface area contributed by atoms with Gasteiger partial charge in [-0.2, -0.15) is 0 Å². The van der Waals surface area contributed by atoms with Gasteiger partial charge in [0.25, 0.3) is 11.8 Å². The summed E-state index contributed by atoms with van der Waals surface area (Å²) in [6.45, 7) is 0.423. The lowest BCUT2D eigenvalue weighted by molar-refractivity contribution is -0.158. The Bertz CT molecular complexity index is 882. The lowest BCUT2D eigenvalue weighted by Crippen LogP contribution is -2.40. The Kier molecular flexibility index (Phi) is 5.59. The van der Waals surface area contributed by atoms with Crippen LogP contribution < -0.4 is 15.8 Å². The second kappa shape index (κ2) is 8.25. The number of nitrogens with two attached hydrogens (primary N) is 1. The van der Waals surface area contributed by atoms with Gasteiger partial charge in [0.05, 0.1) is 6.54 Å². The van der Waals surface area contributed by atoms with Gasteiger partial charge in [-0.3, -0.25) is 14.8 Å². The number of nitrogen functional groups attached to an aromatic ring is 1. The third-order valence-corrected chi connectivity index (χ3v) is 4.06. The molecule has 138 valence electrons. The molecule has 1 unspecified atom stereocenters. The SMILES string of the molecule is Nc1ccc(C#CCOc2ccc(C(=O)NC3CCN(O)C3=O)cc2)cc1. The van der Waals surface area contributed by atoms with Crippen molar-refractivity contribution in [2.24, 2.45) is 0 Å². The van der Waals surface area contributed by atoms with Gasteiger partial charge < -0.3 is 15.8 Å². The summed E-state index contributed by atoms with van der Waals surface area (Å²) in [6.07, 6.45) is 0.384. The van der Waals surface area contributed by atoms with Crippen molar-refractivity contribution in [1.29, 1.82) is 0 Å². The van der Waals surface area contributed by atoms with E-state index >= 15 is 0 Å². The molecule has 2 aromatic carbocycles. The number of amides is 2. The van der Waals surface area contributed by atoms with Crippen LogP contribution in [0, 0.1) is 11.8 Å². The maximum atomic E-state index is 12.2. The van der Waals surface area contributed by atoms with Gasteiger partial charge in [-0.15, -0.1) is 0 Å². The first-order valence-corrected chi connectivity index (χ1v) is 8.41. The molecule has 0 spiro atoms. The van der Waals surface area contributed by atoms with Crippen LogP contribution in [-0.4, -0.2) is 41.3 Å². The van der Waals surface area contributed by atoms with E-state index in [0.717, 1.165) is 5.56 Å². The third kappa shape index (κ3) is 4.77. The molecule has 1 saturated heterocycles. The van der Waals surface area contributed by atoms with Crippen molar-refractivity contribution in [2.75, 3.05) is 18.9 Å². The molecule has 1 atom stereocenters. The molecule has 2 aromatic rings. The molecular weight excluding hydrogens is 346 g/mol. The lowest BCUT2D eigenvalue weighted by atomic mass is 10.1. The molecule has 0 radical (unpaired) electrons. The van der Waals surface area contributed by atoms with Crippen LogP contribution in [-0.2, 0) is 4.79 Å². The average molecular weight is 365 g/mol. The number of rotatable bonds is 4. The van der Waals surface area contributed by atoms with Gasteiger partial charge in [0.2, 0.25) is 0 Å². The largest absolute Gasteiger partial charge is 0.481 e. The number of hydroxylamine groups is 2. The monoisotopic (exact) mass is 365 g/mol. The van der Waals surface area contributed by atoms with Gasteiger partial charge in [0.15, 0.2) is 0 Å². The Morgan fingerprint density at radius 1 is 1.22 bits per heavy atom. The summed E-state index contributed by atoms with van der Waals surface area (Å²) >= 11 is 0. The Hall–Kier alpha value is -3.50. The highest BCUT2D eigenvalue weighted by atomic mass is 16.5. The molecule has 27 heavy (non-hydrogen) atoms. The van der Waals surface area contributed by atoms with E-state index < -0.39 is 11.9 Å². The van der Waals surface area contributed by atoms with Crippen molar-refractivity contribution in [3.05, 3.63) is 59.7 Å². The van der Waals surface area contributed by atoms with E-state index in [1.165, 1.54) is 0 Å². The van der Waals surface area contributed by atoms with E-state index in [9.17, 15) is 14.8 Å². The first-order chi connectivity index (χ1) is 13.0. The van der Waals surface area contributed by atoms with Crippen LogP contribution in [0.25, 0.3) is 0 Å². The number of anilines is 1. The standard InChI is InChI=1S/C20H19N3O4/c21-16-7-3-14(4-8-16)2-1-13-27-17-9-5-15(6-10-17)19(24)22-18-11-12-23(26)20(18)25/h3-10,18,26H,11-13,21H2,(H,22,24). The fourth-order valence-corrected chi connectivity index (χ4v) is 2.57. The van der Waals surface area contributed by atoms with Gasteiger partial charge in [-0.1, -0.05) is 11.8 Å². The van der Waals surface area contributed by atoms with Crippen molar-refractivity contribution >= 4 is 17.5 Å². The second-order valence-electron chi connectivity index (χ2n) is 6.01. The summed E-state index contributed by atoms with van der Waals surface area (Å²) < 4.78 is 5.53. The molecule has 1 heterocycles. The minimum absolute atomic E-state index is 0.207. The minimum atomic E-state index is -0.693. The molecule has 0 aliphatic carbocycles. The van der Waals surface area contributed by atoms with Crippen molar-refractivity contribution in [2.45, 2.75) is 12.5 Å². The van der Waals surface area contributed by atoms with Crippen molar-refractivity contribution in [1.82, 2.24) is 10.4 Å². The average Bonchev–Trinajstić information content (AvgIpc) is 2.99. The van der Waals surface area contributed by atoms with Crippen LogP contribution in [0.1, 0.15) is 22.3 Å². The van der Waals surface area contributed by atoms with Gasteiger partial charge >= 0.3 is 0 Å². The first kappa shape index (κ1) is 18.3. The summed E-state index contributed by atoms with van der Waals surface area (Å²) in [6, 6.07) is 13.1. The normalized spacial score (nSPS) is 15.8. The number of nitrogens with zero attached hydrogens (tertiary/aromatic N) is 1. The number of nitrogens with one attached hydrogen (secondary N) is 1. The number of carbonyl (C=O) groups excluding carboxylic acids is 2. The first-order valence-electron chi connectivity index (χ1n) is 8.41. The molecule has 4 N–H and O–H groups in total. The Balaban J connectivity index is 1.50. The Morgan fingerprint density at radius 3 is 2.56 bits per heavy atom. The Labute approximate surface area is 156 Å². The lowest BCUT2D eigenvalue weighted by Gasteiger charge is -2.11. The molecule has 2 amide bonds. The van der Waals surface area contributed by atoms with Crippen molar-refractivity contribution in [3.8, 4) is 17.6 Å². The highest BCUT2D eigenvalue weighted by Crippen LogP contribution is 2.14. The van der Waals surface area contributed by atoms with Crippen LogP contribution in [0.5, 0.6) is 5.75 Å². The second-order valence-corrected chi connectivity index (χ2v) is 6.01. The smallest absolute Gasteiger partial charge is 0.268 e. The summed E-state index contributed by atoms with van der Waals surface area (Å²) in [4.78, 5) is 23.8. The van der Waals surface area contributed by atoms with E-state index in [0.29, 0.717) is 28.5 Å². The minimum Gasteiger partial charge on any atom is -0.481 e. The summed E-state index contributed by atoms with van der Waals surface area (Å²) in [5.41, 5.74) is 7.56. The van der Waals surface area contributed by atoms with E-state index in [4.69, 9.17) is 10.5 Å².